The number of halogens is 1. The van der Waals surface area contributed by atoms with Crippen LogP contribution in [0.4, 0.5) is 5.69 Å². The molecule has 4 aromatic carbocycles. The van der Waals surface area contributed by atoms with Gasteiger partial charge in [-0.1, -0.05) is 72.3 Å². The maximum absolute atomic E-state index is 14.4. The molecular formula is C33H34ClN3O6S. The van der Waals surface area contributed by atoms with E-state index in [0.717, 1.165) is 9.87 Å². The van der Waals surface area contributed by atoms with Gasteiger partial charge in [-0.25, -0.2) is 8.42 Å². The Morgan fingerprint density at radius 1 is 0.841 bits per heavy atom. The van der Waals surface area contributed by atoms with E-state index in [2.05, 4.69) is 5.32 Å². The first-order valence-electron chi connectivity index (χ1n) is 13.8. The van der Waals surface area contributed by atoms with Crippen LogP contribution in [0.2, 0.25) is 5.02 Å². The van der Waals surface area contributed by atoms with Crippen LogP contribution in [0.3, 0.4) is 0 Å². The normalized spacial score (nSPS) is 11.7. The predicted molar refractivity (Wildman–Crippen MR) is 171 cm³/mol. The van der Waals surface area contributed by atoms with E-state index < -0.39 is 34.4 Å². The molecule has 0 heterocycles. The van der Waals surface area contributed by atoms with Crippen LogP contribution in [0, 0.1) is 0 Å². The van der Waals surface area contributed by atoms with Crippen LogP contribution in [0.5, 0.6) is 11.5 Å². The number of ether oxygens (including phenoxy) is 2. The fourth-order valence-corrected chi connectivity index (χ4v) is 6.38. The average molecular weight is 636 g/mol. The number of methoxy groups -OCH3 is 2. The number of hydrogen-bond acceptors (Lipinski definition) is 6. The molecule has 2 amide bonds. The maximum Gasteiger partial charge on any atom is 0.264 e. The van der Waals surface area contributed by atoms with E-state index in [1.807, 2.05) is 36.4 Å². The Morgan fingerprint density at radius 3 is 2.14 bits per heavy atom. The maximum atomic E-state index is 14.4. The fourth-order valence-electron chi connectivity index (χ4n) is 4.78. The molecule has 1 N–H and O–H groups in total. The molecular weight excluding hydrogens is 602 g/mol. The van der Waals surface area contributed by atoms with Gasteiger partial charge in [-0.2, -0.15) is 0 Å². The standard InChI is InChI=1S/C33H34ClN3O6S/c1-35-33(39)30(20-24-11-6-4-7-12-24)36(22-25-13-10-14-27(19-25)42-2)32(38)23-37(29-21-26(34)17-18-31(29)43-3)44(40,41)28-15-8-5-9-16-28/h4-19,21,30H,20,22-23H2,1-3H3,(H,35,39)/t30-/m1/s1. The Kier molecular flexibility index (Phi) is 10.9. The molecule has 1 atom stereocenters. The van der Waals surface area contributed by atoms with Crippen molar-refractivity contribution < 1.29 is 27.5 Å². The Morgan fingerprint density at radius 2 is 1.50 bits per heavy atom. The molecule has 0 spiro atoms. The number of hydrogen-bond donors (Lipinski definition) is 1. The van der Waals surface area contributed by atoms with E-state index in [-0.39, 0.29) is 34.3 Å². The zero-order chi connectivity index (χ0) is 31.7. The summed E-state index contributed by atoms with van der Waals surface area (Å²) in [5.74, 6) is -0.235. The minimum atomic E-state index is -4.30. The smallest absolute Gasteiger partial charge is 0.264 e. The Labute approximate surface area is 263 Å². The number of nitrogens with one attached hydrogen (secondary N) is 1. The summed E-state index contributed by atoms with van der Waals surface area (Å²) in [6.45, 7) is -0.632. The van der Waals surface area contributed by atoms with Gasteiger partial charge in [0.15, 0.2) is 0 Å². The summed E-state index contributed by atoms with van der Waals surface area (Å²) in [5.41, 5.74) is 1.60. The van der Waals surface area contributed by atoms with Crippen molar-refractivity contribution in [3.05, 3.63) is 119 Å². The first kappa shape index (κ1) is 32.4. The number of carbonyl (C=O) groups is 2. The lowest BCUT2D eigenvalue weighted by atomic mass is 10.0. The van der Waals surface area contributed by atoms with Gasteiger partial charge in [0, 0.05) is 25.0 Å². The van der Waals surface area contributed by atoms with Crippen LogP contribution in [0.15, 0.2) is 108 Å². The molecule has 44 heavy (non-hydrogen) atoms. The third kappa shape index (κ3) is 7.69. The third-order valence-electron chi connectivity index (χ3n) is 7.02. The Balaban J connectivity index is 1.84. The summed E-state index contributed by atoms with van der Waals surface area (Å²) in [5, 5.41) is 2.92. The van der Waals surface area contributed by atoms with Gasteiger partial charge in [-0.3, -0.25) is 13.9 Å². The summed E-state index contributed by atoms with van der Waals surface area (Å²) in [6.07, 6.45) is 0.197. The molecule has 0 aliphatic carbocycles. The monoisotopic (exact) mass is 635 g/mol. The molecule has 0 aliphatic heterocycles. The van der Waals surface area contributed by atoms with E-state index in [9.17, 15) is 18.0 Å². The molecule has 230 valence electrons. The minimum Gasteiger partial charge on any atom is -0.497 e. The van der Waals surface area contributed by atoms with Gasteiger partial charge in [0.2, 0.25) is 11.8 Å². The number of anilines is 1. The van der Waals surface area contributed by atoms with Gasteiger partial charge < -0.3 is 19.7 Å². The number of amides is 2. The molecule has 0 bridgehead atoms. The van der Waals surface area contributed by atoms with Gasteiger partial charge in [0.25, 0.3) is 10.0 Å². The number of rotatable bonds is 13. The average Bonchev–Trinajstić information content (AvgIpc) is 3.05. The topological polar surface area (TPSA) is 105 Å². The van der Waals surface area contributed by atoms with Crippen LogP contribution in [0.1, 0.15) is 11.1 Å². The highest BCUT2D eigenvalue weighted by Gasteiger charge is 2.35. The number of nitrogens with zero attached hydrogens (tertiary/aromatic N) is 2. The number of sulfonamides is 1. The molecule has 0 radical (unpaired) electrons. The van der Waals surface area contributed by atoms with Gasteiger partial charge in [0.05, 0.1) is 24.8 Å². The van der Waals surface area contributed by atoms with Crippen molar-refractivity contribution in [3.63, 3.8) is 0 Å². The first-order chi connectivity index (χ1) is 21.2. The molecule has 9 nitrogen and oxygen atoms in total. The molecule has 0 aliphatic rings. The van der Waals surface area contributed by atoms with Crippen molar-refractivity contribution in [2.24, 2.45) is 0 Å². The Bertz CT molecular complexity index is 1690. The zero-order valence-electron chi connectivity index (χ0n) is 24.6. The SMILES string of the molecule is CNC(=O)[C@@H](Cc1ccccc1)N(Cc1cccc(OC)c1)C(=O)CN(c1cc(Cl)ccc1OC)S(=O)(=O)c1ccccc1. The van der Waals surface area contributed by atoms with Crippen LogP contribution >= 0.6 is 11.6 Å². The number of likely N-dealkylation sites (N-methyl/N-ethyl adjacent to an activating group) is 1. The lowest BCUT2D eigenvalue weighted by molar-refractivity contribution is -0.139. The summed E-state index contributed by atoms with van der Waals surface area (Å²) >= 11 is 6.31. The second-order valence-electron chi connectivity index (χ2n) is 9.83. The first-order valence-corrected chi connectivity index (χ1v) is 15.6. The minimum absolute atomic E-state index is 0.00680. The molecule has 0 unspecified atom stereocenters. The molecule has 11 heteroatoms. The number of carbonyl (C=O) groups excluding carboxylic acids is 2. The molecule has 4 aromatic rings. The summed E-state index contributed by atoms with van der Waals surface area (Å²) < 4.78 is 40.1. The van der Waals surface area contributed by atoms with Crippen LogP contribution in [-0.2, 0) is 32.6 Å². The molecule has 0 fully saturated rings. The van der Waals surface area contributed by atoms with E-state index >= 15 is 0 Å². The molecule has 4 rings (SSSR count). The highest BCUT2D eigenvalue weighted by atomic mass is 35.5. The van der Waals surface area contributed by atoms with Crippen molar-refractivity contribution in [3.8, 4) is 11.5 Å². The van der Waals surface area contributed by atoms with E-state index in [0.29, 0.717) is 11.3 Å². The second-order valence-corrected chi connectivity index (χ2v) is 12.1. The van der Waals surface area contributed by atoms with Crippen LogP contribution in [0.25, 0.3) is 0 Å². The molecule has 0 saturated heterocycles. The summed E-state index contributed by atoms with van der Waals surface area (Å²) in [4.78, 5) is 29.2. The van der Waals surface area contributed by atoms with Crippen molar-refractivity contribution in [1.29, 1.82) is 0 Å². The molecule has 0 saturated carbocycles. The Hall–Kier alpha value is -4.54. The highest BCUT2D eigenvalue weighted by molar-refractivity contribution is 7.92. The summed E-state index contributed by atoms with van der Waals surface area (Å²) in [7, 11) is 0.137. The lowest BCUT2D eigenvalue weighted by Gasteiger charge is -2.34. The predicted octanol–water partition coefficient (Wildman–Crippen LogP) is 4.94. The van der Waals surface area contributed by atoms with Gasteiger partial charge in [0.1, 0.15) is 24.1 Å². The fraction of sp³-hybridized carbons (Fsp3) is 0.212. The van der Waals surface area contributed by atoms with E-state index in [4.69, 9.17) is 21.1 Å². The second kappa shape index (κ2) is 14.8. The third-order valence-corrected chi connectivity index (χ3v) is 9.03. The van der Waals surface area contributed by atoms with Crippen molar-refractivity contribution in [2.45, 2.75) is 23.9 Å². The van der Waals surface area contributed by atoms with Crippen LogP contribution in [-0.4, -0.2) is 59.0 Å². The van der Waals surface area contributed by atoms with E-state index in [1.54, 1.807) is 42.5 Å². The molecule has 0 aromatic heterocycles. The van der Waals surface area contributed by atoms with Gasteiger partial charge >= 0.3 is 0 Å². The lowest BCUT2D eigenvalue weighted by Crippen LogP contribution is -2.53. The van der Waals surface area contributed by atoms with Crippen molar-refractivity contribution in [1.82, 2.24) is 10.2 Å². The number of benzene rings is 4. The zero-order valence-corrected chi connectivity index (χ0v) is 26.2. The summed E-state index contributed by atoms with van der Waals surface area (Å²) in [6, 6.07) is 27.8. The van der Waals surface area contributed by atoms with Gasteiger partial charge in [-0.05, 0) is 53.6 Å². The van der Waals surface area contributed by atoms with E-state index in [1.165, 1.54) is 50.4 Å². The van der Waals surface area contributed by atoms with Gasteiger partial charge in [-0.15, -0.1) is 0 Å². The largest absolute Gasteiger partial charge is 0.497 e. The van der Waals surface area contributed by atoms with Crippen molar-refractivity contribution >= 4 is 39.1 Å². The quantitative estimate of drug-likeness (QED) is 0.223. The van der Waals surface area contributed by atoms with Crippen LogP contribution < -0.4 is 19.1 Å². The highest BCUT2D eigenvalue weighted by Crippen LogP contribution is 2.35. The van der Waals surface area contributed by atoms with Crippen molar-refractivity contribution in [2.75, 3.05) is 32.1 Å².